The van der Waals surface area contributed by atoms with E-state index in [9.17, 15) is 9.59 Å². The molecule has 3 aliphatic heterocycles. The largest absolute Gasteiger partial charge is 0.381 e. The van der Waals surface area contributed by atoms with Gasteiger partial charge in [-0.15, -0.1) is 0 Å². The van der Waals surface area contributed by atoms with Gasteiger partial charge in [0.25, 0.3) is 0 Å². The van der Waals surface area contributed by atoms with Crippen LogP contribution in [0.4, 0.5) is 0 Å². The predicted octanol–water partition coefficient (Wildman–Crippen LogP) is 0.758. The summed E-state index contributed by atoms with van der Waals surface area (Å²) in [5.41, 5.74) is 0. The van der Waals surface area contributed by atoms with E-state index in [0.717, 1.165) is 38.9 Å². The van der Waals surface area contributed by atoms with Crippen LogP contribution < -0.4 is 0 Å². The average molecular weight is 346 g/mol. The normalized spacial score (nSPS) is 32.0. The van der Waals surface area contributed by atoms with Gasteiger partial charge in [-0.2, -0.15) is 5.10 Å². The van der Waals surface area contributed by atoms with Gasteiger partial charge in [0, 0.05) is 45.1 Å². The zero-order valence-electron chi connectivity index (χ0n) is 14.7. The Kier molecular flexibility index (Phi) is 4.50. The molecule has 4 atom stereocenters. The van der Waals surface area contributed by atoms with E-state index in [1.165, 1.54) is 0 Å². The van der Waals surface area contributed by atoms with E-state index in [1.807, 2.05) is 26.7 Å². The van der Waals surface area contributed by atoms with Crippen LogP contribution in [0, 0.1) is 11.8 Å². The molecular formula is C18H26N4O3. The van der Waals surface area contributed by atoms with E-state index in [4.69, 9.17) is 4.74 Å². The Hall–Kier alpha value is -1.89. The van der Waals surface area contributed by atoms with Gasteiger partial charge in [0.05, 0.1) is 25.1 Å². The Labute approximate surface area is 147 Å². The number of carbonyl (C=O) groups is 2. The summed E-state index contributed by atoms with van der Waals surface area (Å²) in [7, 11) is 0. The smallest absolute Gasteiger partial charge is 0.228 e. The molecule has 0 aliphatic carbocycles. The number of nitrogens with zero attached hydrogens (tertiary/aromatic N) is 4. The summed E-state index contributed by atoms with van der Waals surface area (Å²) in [4.78, 5) is 29.0. The van der Waals surface area contributed by atoms with Gasteiger partial charge in [-0.25, -0.2) is 0 Å². The summed E-state index contributed by atoms with van der Waals surface area (Å²) >= 11 is 0. The van der Waals surface area contributed by atoms with Crippen LogP contribution in [0.15, 0.2) is 18.5 Å². The minimum absolute atomic E-state index is 0.0294. The minimum atomic E-state index is 0.0294. The molecule has 1 aromatic rings. The van der Waals surface area contributed by atoms with E-state index in [-0.39, 0.29) is 29.8 Å². The highest BCUT2D eigenvalue weighted by Gasteiger charge is 2.46. The Bertz CT molecular complexity index is 626. The Morgan fingerprint density at radius 2 is 2.20 bits per heavy atom. The van der Waals surface area contributed by atoms with Crippen molar-refractivity contribution in [1.82, 2.24) is 19.6 Å². The second-order valence-corrected chi connectivity index (χ2v) is 7.50. The van der Waals surface area contributed by atoms with Gasteiger partial charge in [0.1, 0.15) is 0 Å². The third kappa shape index (κ3) is 3.17. The summed E-state index contributed by atoms with van der Waals surface area (Å²) in [5.74, 6) is 0.765. The first-order chi connectivity index (χ1) is 12.1. The molecule has 0 N–H and O–H groups in total. The molecular weight excluding hydrogens is 320 g/mol. The van der Waals surface area contributed by atoms with Gasteiger partial charge in [-0.3, -0.25) is 14.3 Å². The monoisotopic (exact) mass is 346 g/mol. The fourth-order valence-electron chi connectivity index (χ4n) is 4.82. The van der Waals surface area contributed by atoms with Crippen LogP contribution in [0.5, 0.6) is 0 Å². The van der Waals surface area contributed by atoms with Gasteiger partial charge >= 0.3 is 0 Å². The average Bonchev–Trinajstić information content (AvgIpc) is 3.34. The van der Waals surface area contributed by atoms with Gasteiger partial charge in [0.2, 0.25) is 11.8 Å². The first-order valence-electron chi connectivity index (χ1n) is 9.26. The van der Waals surface area contributed by atoms with Crippen molar-refractivity contribution in [2.75, 3.05) is 26.3 Å². The molecule has 0 radical (unpaired) electrons. The highest BCUT2D eigenvalue weighted by Crippen LogP contribution is 2.37. The third-order valence-corrected chi connectivity index (χ3v) is 5.93. The molecule has 3 aliphatic rings. The molecule has 0 bridgehead atoms. The maximum Gasteiger partial charge on any atom is 0.228 e. The van der Waals surface area contributed by atoms with Crippen molar-refractivity contribution >= 4 is 11.8 Å². The second-order valence-electron chi connectivity index (χ2n) is 7.50. The molecule has 2 amide bonds. The van der Waals surface area contributed by atoms with E-state index in [0.29, 0.717) is 19.1 Å². The lowest BCUT2D eigenvalue weighted by molar-refractivity contribution is -0.139. The fraction of sp³-hybridized carbons (Fsp3) is 0.722. The lowest BCUT2D eigenvalue weighted by Crippen LogP contribution is -2.51. The third-order valence-electron chi connectivity index (χ3n) is 5.93. The standard InChI is InChI=1S/C18H26N4O3/c1-13(23)22-16(11-21-6-2-5-19-21)9-15-10-20(7-3-17(15)22)18(24)14-4-8-25-12-14/h2,5-6,14-17H,3-4,7-12H2,1H3/t14?,15-,16?,17+/m0/s1. The Balaban J connectivity index is 1.45. The van der Waals surface area contributed by atoms with Crippen molar-refractivity contribution in [1.29, 1.82) is 0 Å². The van der Waals surface area contributed by atoms with Crippen molar-refractivity contribution in [2.45, 2.75) is 44.8 Å². The number of ether oxygens (including phenoxy) is 1. The summed E-state index contributed by atoms with van der Waals surface area (Å²) in [5, 5.41) is 4.29. The SMILES string of the molecule is CC(=O)N1C(Cn2cccn2)C[C@H]2CN(C(=O)C3CCOC3)CC[C@H]21. The number of aromatic nitrogens is 2. The molecule has 3 saturated heterocycles. The van der Waals surface area contributed by atoms with E-state index in [1.54, 1.807) is 13.1 Å². The van der Waals surface area contributed by atoms with Crippen molar-refractivity contribution in [3.63, 3.8) is 0 Å². The van der Waals surface area contributed by atoms with Crippen LogP contribution in [-0.4, -0.2) is 69.8 Å². The van der Waals surface area contributed by atoms with E-state index in [2.05, 4.69) is 5.10 Å². The Morgan fingerprint density at radius 3 is 2.88 bits per heavy atom. The number of hydrogen-bond donors (Lipinski definition) is 0. The van der Waals surface area contributed by atoms with Gasteiger partial charge < -0.3 is 14.5 Å². The lowest BCUT2D eigenvalue weighted by atomic mass is 9.91. The first kappa shape index (κ1) is 16.6. The van der Waals surface area contributed by atoms with Gasteiger partial charge in [-0.05, 0) is 31.2 Å². The van der Waals surface area contributed by atoms with Crippen LogP contribution in [0.2, 0.25) is 0 Å². The number of likely N-dealkylation sites (tertiary alicyclic amines) is 2. The van der Waals surface area contributed by atoms with Crippen LogP contribution in [0.25, 0.3) is 0 Å². The van der Waals surface area contributed by atoms with E-state index >= 15 is 0 Å². The number of rotatable bonds is 3. The summed E-state index contributed by atoms with van der Waals surface area (Å²) in [6.07, 6.45) is 6.36. The van der Waals surface area contributed by atoms with Crippen LogP contribution >= 0.6 is 0 Å². The second kappa shape index (κ2) is 6.78. The molecule has 0 saturated carbocycles. The van der Waals surface area contributed by atoms with Crippen molar-refractivity contribution in [3.05, 3.63) is 18.5 Å². The number of piperidine rings is 1. The molecule has 0 spiro atoms. The zero-order chi connectivity index (χ0) is 17.4. The first-order valence-corrected chi connectivity index (χ1v) is 9.26. The summed E-state index contributed by atoms with van der Waals surface area (Å²) in [6.45, 7) is 5.15. The molecule has 1 aromatic heterocycles. The van der Waals surface area contributed by atoms with Gasteiger partial charge in [0.15, 0.2) is 0 Å². The van der Waals surface area contributed by atoms with Crippen molar-refractivity contribution in [3.8, 4) is 0 Å². The predicted molar refractivity (Wildman–Crippen MR) is 90.6 cm³/mol. The maximum atomic E-state index is 12.7. The molecule has 0 aromatic carbocycles. The molecule has 4 rings (SSSR count). The zero-order valence-corrected chi connectivity index (χ0v) is 14.7. The van der Waals surface area contributed by atoms with Crippen LogP contribution in [0.1, 0.15) is 26.2 Å². The molecule has 4 heterocycles. The highest BCUT2D eigenvalue weighted by molar-refractivity contribution is 5.79. The summed E-state index contributed by atoms with van der Waals surface area (Å²) in [6, 6.07) is 2.32. The van der Waals surface area contributed by atoms with Gasteiger partial charge in [-0.1, -0.05) is 0 Å². The molecule has 2 unspecified atom stereocenters. The van der Waals surface area contributed by atoms with Crippen LogP contribution in [-0.2, 0) is 20.9 Å². The minimum Gasteiger partial charge on any atom is -0.381 e. The Morgan fingerprint density at radius 1 is 1.32 bits per heavy atom. The number of fused-ring (bicyclic) bond motifs is 1. The fourth-order valence-corrected chi connectivity index (χ4v) is 4.82. The molecule has 7 nitrogen and oxygen atoms in total. The van der Waals surface area contributed by atoms with Crippen LogP contribution in [0.3, 0.4) is 0 Å². The highest BCUT2D eigenvalue weighted by atomic mass is 16.5. The van der Waals surface area contributed by atoms with Crippen molar-refractivity contribution in [2.24, 2.45) is 11.8 Å². The number of carbonyl (C=O) groups excluding carboxylic acids is 2. The maximum absolute atomic E-state index is 12.7. The lowest BCUT2D eigenvalue weighted by Gasteiger charge is -2.39. The molecule has 25 heavy (non-hydrogen) atoms. The molecule has 7 heteroatoms. The topological polar surface area (TPSA) is 67.7 Å². The van der Waals surface area contributed by atoms with E-state index < -0.39 is 0 Å². The number of hydrogen-bond acceptors (Lipinski definition) is 4. The molecule has 3 fully saturated rings. The quantitative estimate of drug-likeness (QED) is 0.810. The molecule has 136 valence electrons. The van der Waals surface area contributed by atoms with Crippen molar-refractivity contribution < 1.29 is 14.3 Å². The number of amides is 2. The summed E-state index contributed by atoms with van der Waals surface area (Å²) < 4.78 is 7.27.